The minimum atomic E-state index is 0.383. The van der Waals surface area contributed by atoms with Crippen molar-refractivity contribution in [1.82, 2.24) is 4.90 Å². The first-order chi connectivity index (χ1) is 7.11. The van der Waals surface area contributed by atoms with Crippen LogP contribution in [-0.2, 0) is 4.74 Å². The molecule has 2 saturated heterocycles. The first-order valence-electron chi connectivity index (χ1n) is 6.24. The lowest BCUT2D eigenvalue weighted by Gasteiger charge is -2.45. The molecule has 2 aliphatic heterocycles. The van der Waals surface area contributed by atoms with E-state index in [1.807, 2.05) is 0 Å². The third-order valence-electron chi connectivity index (χ3n) is 4.44. The lowest BCUT2D eigenvalue weighted by atomic mass is 9.86. The van der Waals surface area contributed by atoms with E-state index in [1.165, 1.54) is 6.42 Å². The van der Waals surface area contributed by atoms with Crippen LogP contribution in [0.3, 0.4) is 0 Å². The van der Waals surface area contributed by atoms with Gasteiger partial charge in [-0.25, -0.2) is 0 Å². The maximum atomic E-state index is 6.11. The number of hydrogen-bond donors (Lipinski definition) is 1. The minimum absolute atomic E-state index is 0.383. The summed E-state index contributed by atoms with van der Waals surface area (Å²) in [6, 6.07) is 1.60. The van der Waals surface area contributed by atoms with E-state index in [1.54, 1.807) is 0 Å². The van der Waals surface area contributed by atoms with Gasteiger partial charge in [-0.1, -0.05) is 6.92 Å². The molecule has 0 aromatic rings. The third-order valence-corrected chi connectivity index (χ3v) is 4.44. The highest BCUT2D eigenvalue weighted by Crippen LogP contribution is 2.29. The summed E-state index contributed by atoms with van der Waals surface area (Å²) in [6.07, 6.45) is 2.72. The summed E-state index contributed by atoms with van der Waals surface area (Å²) >= 11 is 0. The zero-order valence-corrected chi connectivity index (χ0v) is 10.1. The lowest BCUT2D eigenvalue weighted by molar-refractivity contribution is 0.0175. The zero-order valence-electron chi connectivity index (χ0n) is 10.1. The molecule has 0 aromatic heterocycles. The normalized spacial score (nSPS) is 48.4. The molecule has 5 unspecified atom stereocenters. The van der Waals surface area contributed by atoms with Crippen LogP contribution in [0.1, 0.15) is 33.6 Å². The van der Waals surface area contributed by atoms with E-state index in [2.05, 4.69) is 25.7 Å². The summed E-state index contributed by atoms with van der Waals surface area (Å²) in [7, 11) is 0. The molecule has 88 valence electrons. The summed E-state index contributed by atoms with van der Waals surface area (Å²) in [5, 5.41) is 0. The molecule has 2 N–H and O–H groups in total. The van der Waals surface area contributed by atoms with Gasteiger partial charge < -0.3 is 10.5 Å². The van der Waals surface area contributed by atoms with Crippen LogP contribution >= 0.6 is 0 Å². The Hall–Kier alpha value is -0.120. The minimum Gasteiger partial charge on any atom is -0.377 e. The lowest BCUT2D eigenvalue weighted by Crippen LogP contribution is -2.56. The smallest absolute Gasteiger partial charge is 0.0703 e. The quantitative estimate of drug-likeness (QED) is 0.710. The fraction of sp³-hybridized carbons (Fsp3) is 1.00. The maximum Gasteiger partial charge on any atom is 0.0703 e. The molecule has 2 heterocycles. The van der Waals surface area contributed by atoms with Gasteiger partial charge in [0.2, 0.25) is 0 Å². The second-order valence-electron chi connectivity index (χ2n) is 5.22. The SMILES string of the molecule is CC1OCCC1N1CCC(N)C(C)C1C. The Morgan fingerprint density at radius 1 is 1.20 bits per heavy atom. The maximum absolute atomic E-state index is 6.11. The van der Waals surface area contributed by atoms with Crippen LogP contribution in [0.5, 0.6) is 0 Å². The van der Waals surface area contributed by atoms with Gasteiger partial charge >= 0.3 is 0 Å². The summed E-state index contributed by atoms with van der Waals surface area (Å²) in [4.78, 5) is 2.62. The van der Waals surface area contributed by atoms with E-state index in [9.17, 15) is 0 Å². The van der Waals surface area contributed by atoms with Crippen molar-refractivity contribution >= 4 is 0 Å². The predicted octanol–water partition coefficient (Wildman–Crippen LogP) is 1.22. The number of likely N-dealkylation sites (tertiary alicyclic amines) is 1. The molecule has 0 aliphatic carbocycles. The molecule has 0 aromatic carbocycles. The van der Waals surface area contributed by atoms with Crippen LogP contribution in [-0.4, -0.2) is 42.3 Å². The van der Waals surface area contributed by atoms with E-state index in [4.69, 9.17) is 10.5 Å². The van der Waals surface area contributed by atoms with Gasteiger partial charge in [-0.05, 0) is 32.6 Å². The van der Waals surface area contributed by atoms with Gasteiger partial charge in [0.25, 0.3) is 0 Å². The molecule has 2 fully saturated rings. The average molecular weight is 212 g/mol. The molecule has 2 aliphatic rings. The van der Waals surface area contributed by atoms with Crippen molar-refractivity contribution in [2.75, 3.05) is 13.2 Å². The van der Waals surface area contributed by atoms with E-state index in [0.717, 1.165) is 19.6 Å². The molecular formula is C12H24N2O. The van der Waals surface area contributed by atoms with E-state index in [-0.39, 0.29) is 0 Å². The molecule has 2 rings (SSSR count). The number of piperidine rings is 1. The molecule has 0 bridgehead atoms. The van der Waals surface area contributed by atoms with Gasteiger partial charge in [-0.3, -0.25) is 4.90 Å². The van der Waals surface area contributed by atoms with Crippen LogP contribution < -0.4 is 5.73 Å². The average Bonchev–Trinajstić information content (AvgIpc) is 2.62. The van der Waals surface area contributed by atoms with Crippen molar-refractivity contribution in [3.63, 3.8) is 0 Å². The Kier molecular flexibility index (Phi) is 3.33. The summed E-state index contributed by atoms with van der Waals surface area (Å²) < 4.78 is 5.66. The second kappa shape index (κ2) is 4.40. The highest BCUT2D eigenvalue weighted by molar-refractivity contribution is 4.93. The molecule has 0 saturated carbocycles. The topological polar surface area (TPSA) is 38.5 Å². The van der Waals surface area contributed by atoms with Crippen molar-refractivity contribution in [2.24, 2.45) is 11.7 Å². The Balaban J connectivity index is 2.03. The van der Waals surface area contributed by atoms with Crippen LogP contribution in [0.2, 0.25) is 0 Å². The molecule has 5 atom stereocenters. The highest BCUT2D eigenvalue weighted by Gasteiger charge is 2.38. The molecule has 0 amide bonds. The largest absolute Gasteiger partial charge is 0.377 e. The Bertz CT molecular complexity index is 222. The van der Waals surface area contributed by atoms with Crippen molar-refractivity contribution < 1.29 is 4.74 Å². The molecule has 3 nitrogen and oxygen atoms in total. The van der Waals surface area contributed by atoms with Gasteiger partial charge in [0.15, 0.2) is 0 Å². The molecule has 3 heteroatoms. The van der Waals surface area contributed by atoms with Crippen LogP contribution in [0.4, 0.5) is 0 Å². The molecule has 0 radical (unpaired) electrons. The van der Waals surface area contributed by atoms with E-state index < -0.39 is 0 Å². The number of nitrogens with zero attached hydrogens (tertiary/aromatic N) is 1. The second-order valence-corrected chi connectivity index (χ2v) is 5.22. The van der Waals surface area contributed by atoms with Crippen LogP contribution in [0, 0.1) is 5.92 Å². The fourth-order valence-corrected chi connectivity index (χ4v) is 3.05. The van der Waals surface area contributed by atoms with Crippen molar-refractivity contribution in [3.05, 3.63) is 0 Å². The van der Waals surface area contributed by atoms with Gasteiger partial charge in [0.1, 0.15) is 0 Å². The van der Waals surface area contributed by atoms with Crippen LogP contribution in [0.25, 0.3) is 0 Å². The Morgan fingerprint density at radius 2 is 1.93 bits per heavy atom. The predicted molar refractivity (Wildman–Crippen MR) is 61.7 cm³/mol. The molecular weight excluding hydrogens is 188 g/mol. The summed E-state index contributed by atoms with van der Waals surface area (Å²) in [6.45, 7) is 8.86. The first kappa shape index (κ1) is 11.4. The van der Waals surface area contributed by atoms with Gasteiger partial charge in [0, 0.05) is 31.3 Å². The summed E-state index contributed by atoms with van der Waals surface area (Å²) in [5.74, 6) is 0.603. The van der Waals surface area contributed by atoms with Gasteiger partial charge in [0.05, 0.1) is 6.10 Å². The highest BCUT2D eigenvalue weighted by atomic mass is 16.5. The number of rotatable bonds is 1. The zero-order chi connectivity index (χ0) is 11.0. The monoisotopic (exact) mass is 212 g/mol. The standard InChI is InChI=1S/C12H24N2O/c1-8-9(2)14(6-4-11(8)13)12-5-7-15-10(12)3/h8-12H,4-7,13H2,1-3H3. The number of ether oxygens (including phenoxy) is 1. The number of nitrogens with two attached hydrogens (primary N) is 1. The van der Waals surface area contributed by atoms with E-state index in [0.29, 0.717) is 30.1 Å². The number of hydrogen-bond acceptors (Lipinski definition) is 3. The van der Waals surface area contributed by atoms with Crippen molar-refractivity contribution in [3.8, 4) is 0 Å². The fourth-order valence-electron chi connectivity index (χ4n) is 3.05. The summed E-state index contributed by atoms with van der Waals surface area (Å²) in [5.41, 5.74) is 6.11. The van der Waals surface area contributed by atoms with Crippen LogP contribution in [0.15, 0.2) is 0 Å². The molecule has 0 spiro atoms. The van der Waals surface area contributed by atoms with Crippen molar-refractivity contribution in [1.29, 1.82) is 0 Å². The van der Waals surface area contributed by atoms with Gasteiger partial charge in [-0.15, -0.1) is 0 Å². The van der Waals surface area contributed by atoms with E-state index >= 15 is 0 Å². The molecule has 15 heavy (non-hydrogen) atoms. The first-order valence-corrected chi connectivity index (χ1v) is 6.24. The Labute approximate surface area is 93.0 Å². The Morgan fingerprint density at radius 3 is 2.53 bits per heavy atom. The third kappa shape index (κ3) is 2.05. The van der Waals surface area contributed by atoms with Gasteiger partial charge in [-0.2, -0.15) is 0 Å². The van der Waals surface area contributed by atoms with Crippen molar-refractivity contribution in [2.45, 2.75) is 57.8 Å².